The Morgan fingerprint density at radius 3 is 2.32 bits per heavy atom. The lowest BCUT2D eigenvalue weighted by Crippen LogP contribution is -2.59. The molecule has 37 heavy (non-hydrogen) atoms. The standard InChI is InChI=1S/C32H43NO4/c1-4-5-9-25-12-16-28(17-13-25)29-18-14-26(15-19-29)20-21-32(23-36-31(2,3)37-24-32)33-30(34)35-22-27-10-7-6-8-11-27/h6-8,10-11,14-15,18-21,25,28H,4-5,9,12-13,16-17,22-24H2,1-3H3,(H,33,34)/b21-20+. The minimum absolute atomic E-state index is 0.210. The highest BCUT2D eigenvalue weighted by molar-refractivity contribution is 5.69. The third kappa shape index (κ3) is 8.18. The molecule has 1 saturated heterocycles. The van der Waals surface area contributed by atoms with Crippen molar-refractivity contribution in [3.05, 3.63) is 77.4 Å². The molecule has 5 nitrogen and oxygen atoms in total. The first-order valence-electron chi connectivity index (χ1n) is 13.9. The minimum Gasteiger partial charge on any atom is -0.445 e. The summed E-state index contributed by atoms with van der Waals surface area (Å²) in [6.07, 6.45) is 12.9. The summed E-state index contributed by atoms with van der Waals surface area (Å²) < 4.78 is 17.3. The Morgan fingerprint density at radius 2 is 1.68 bits per heavy atom. The first-order valence-corrected chi connectivity index (χ1v) is 13.9. The van der Waals surface area contributed by atoms with E-state index in [9.17, 15) is 4.79 Å². The number of ether oxygens (including phenoxy) is 3. The van der Waals surface area contributed by atoms with Gasteiger partial charge >= 0.3 is 6.09 Å². The fourth-order valence-corrected chi connectivity index (χ4v) is 5.27. The molecule has 0 aromatic heterocycles. The lowest BCUT2D eigenvalue weighted by Gasteiger charge is -2.42. The Morgan fingerprint density at radius 1 is 1.00 bits per heavy atom. The van der Waals surface area contributed by atoms with E-state index in [-0.39, 0.29) is 6.61 Å². The minimum atomic E-state index is -0.807. The van der Waals surface area contributed by atoms with Crippen LogP contribution in [0.1, 0.15) is 88.3 Å². The highest BCUT2D eigenvalue weighted by Crippen LogP contribution is 2.37. The van der Waals surface area contributed by atoms with E-state index in [1.54, 1.807) is 0 Å². The third-order valence-corrected chi connectivity index (χ3v) is 7.73. The number of benzene rings is 2. The van der Waals surface area contributed by atoms with Gasteiger partial charge in [0.25, 0.3) is 0 Å². The molecule has 0 radical (unpaired) electrons. The first-order chi connectivity index (χ1) is 17.9. The number of carbonyl (C=O) groups is 1. The molecule has 1 amide bonds. The maximum atomic E-state index is 12.7. The Kier molecular flexibility index (Phi) is 9.44. The summed E-state index contributed by atoms with van der Waals surface area (Å²) in [5, 5.41) is 2.99. The van der Waals surface area contributed by atoms with Crippen molar-refractivity contribution in [2.75, 3.05) is 13.2 Å². The molecule has 2 aliphatic rings. The number of hydrogen-bond acceptors (Lipinski definition) is 4. The maximum Gasteiger partial charge on any atom is 0.408 e. The van der Waals surface area contributed by atoms with E-state index in [0.29, 0.717) is 19.1 Å². The van der Waals surface area contributed by atoms with Gasteiger partial charge in [0.15, 0.2) is 5.79 Å². The quantitative estimate of drug-likeness (QED) is 0.381. The summed E-state index contributed by atoms with van der Waals surface area (Å²) in [7, 11) is 0. The van der Waals surface area contributed by atoms with Gasteiger partial charge in [0.1, 0.15) is 12.1 Å². The second kappa shape index (κ2) is 12.7. The molecule has 200 valence electrons. The van der Waals surface area contributed by atoms with Gasteiger partial charge in [-0.3, -0.25) is 0 Å². The summed E-state index contributed by atoms with van der Waals surface area (Å²) >= 11 is 0. The van der Waals surface area contributed by atoms with Crippen LogP contribution in [0.15, 0.2) is 60.7 Å². The Hall–Kier alpha value is -2.63. The molecular formula is C32H43NO4. The first kappa shape index (κ1) is 27.4. The van der Waals surface area contributed by atoms with Crippen molar-refractivity contribution < 1.29 is 19.0 Å². The van der Waals surface area contributed by atoms with Crippen LogP contribution >= 0.6 is 0 Å². The van der Waals surface area contributed by atoms with E-state index in [1.807, 2.05) is 56.3 Å². The molecule has 2 fully saturated rings. The zero-order valence-corrected chi connectivity index (χ0v) is 22.7. The summed E-state index contributed by atoms with van der Waals surface area (Å²) in [5.74, 6) is 0.904. The molecule has 1 aliphatic carbocycles. The summed E-state index contributed by atoms with van der Waals surface area (Å²) in [6, 6.07) is 18.5. The van der Waals surface area contributed by atoms with Gasteiger partial charge in [-0.25, -0.2) is 4.79 Å². The molecule has 5 heteroatoms. The third-order valence-electron chi connectivity index (χ3n) is 7.73. The molecule has 0 bridgehead atoms. The molecule has 1 heterocycles. The van der Waals surface area contributed by atoms with Gasteiger partial charge in [-0.15, -0.1) is 0 Å². The van der Waals surface area contributed by atoms with Gasteiger partial charge in [0.2, 0.25) is 0 Å². The molecule has 1 saturated carbocycles. The van der Waals surface area contributed by atoms with Crippen LogP contribution in [-0.4, -0.2) is 30.6 Å². The van der Waals surface area contributed by atoms with Gasteiger partial charge in [-0.05, 0) is 68.1 Å². The Labute approximate surface area is 222 Å². The molecule has 1 N–H and O–H groups in total. The predicted molar refractivity (Wildman–Crippen MR) is 148 cm³/mol. The topological polar surface area (TPSA) is 56.8 Å². The molecule has 2 aromatic carbocycles. The van der Waals surface area contributed by atoms with E-state index in [1.165, 1.54) is 50.5 Å². The van der Waals surface area contributed by atoms with Crippen LogP contribution < -0.4 is 5.32 Å². The zero-order valence-electron chi connectivity index (χ0n) is 22.7. The molecule has 0 unspecified atom stereocenters. The predicted octanol–water partition coefficient (Wildman–Crippen LogP) is 7.61. The number of nitrogens with one attached hydrogen (secondary N) is 1. The number of unbranched alkanes of at least 4 members (excludes halogenated alkanes) is 1. The maximum absolute atomic E-state index is 12.7. The van der Waals surface area contributed by atoms with Crippen molar-refractivity contribution in [1.82, 2.24) is 5.32 Å². The average molecular weight is 506 g/mol. The van der Waals surface area contributed by atoms with Crippen LogP contribution in [0.25, 0.3) is 6.08 Å². The Bertz CT molecular complexity index is 997. The molecule has 0 spiro atoms. The fraction of sp³-hybridized carbons (Fsp3) is 0.531. The lowest BCUT2D eigenvalue weighted by molar-refractivity contribution is -0.263. The van der Waals surface area contributed by atoms with Crippen LogP contribution in [0.2, 0.25) is 0 Å². The molecular weight excluding hydrogens is 462 g/mol. The highest BCUT2D eigenvalue weighted by Gasteiger charge is 2.40. The number of hydrogen-bond donors (Lipinski definition) is 1. The van der Waals surface area contributed by atoms with Gasteiger partial charge < -0.3 is 19.5 Å². The smallest absolute Gasteiger partial charge is 0.408 e. The van der Waals surface area contributed by atoms with Crippen molar-refractivity contribution in [3.63, 3.8) is 0 Å². The van der Waals surface area contributed by atoms with Crippen molar-refractivity contribution in [3.8, 4) is 0 Å². The summed E-state index contributed by atoms with van der Waals surface area (Å²) in [5.41, 5.74) is 2.66. The summed E-state index contributed by atoms with van der Waals surface area (Å²) in [4.78, 5) is 12.7. The normalized spacial score (nSPS) is 23.0. The van der Waals surface area contributed by atoms with Crippen molar-refractivity contribution in [1.29, 1.82) is 0 Å². The van der Waals surface area contributed by atoms with Gasteiger partial charge in [-0.1, -0.05) is 92.9 Å². The van der Waals surface area contributed by atoms with E-state index < -0.39 is 17.4 Å². The van der Waals surface area contributed by atoms with Gasteiger partial charge in [0, 0.05) is 0 Å². The monoisotopic (exact) mass is 505 g/mol. The van der Waals surface area contributed by atoms with Gasteiger partial charge in [0.05, 0.1) is 13.2 Å². The van der Waals surface area contributed by atoms with Crippen LogP contribution in [0.5, 0.6) is 0 Å². The van der Waals surface area contributed by atoms with Crippen molar-refractivity contribution in [2.45, 2.75) is 89.6 Å². The molecule has 1 aliphatic heterocycles. The van der Waals surface area contributed by atoms with Crippen LogP contribution in [0, 0.1) is 5.92 Å². The zero-order chi connectivity index (χ0) is 26.1. The van der Waals surface area contributed by atoms with E-state index >= 15 is 0 Å². The number of rotatable bonds is 9. The van der Waals surface area contributed by atoms with E-state index in [2.05, 4.69) is 36.5 Å². The van der Waals surface area contributed by atoms with E-state index in [0.717, 1.165) is 17.0 Å². The number of alkyl carbamates (subject to hydrolysis) is 1. The largest absolute Gasteiger partial charge is 0.445 e. The summed E-state index contributed by atoms with van der Waals surface area (Å²) in [6.45, 7) is 6.86. The van der Waals surface area contributed by atoms with Crippen LogP contribution in [0.3, 0.4) is 0 Å². The molecule has 0 atom stereocenters. The fourth-order valence-electron chi connectivity index (χ4n) is 5.27. The highest BCUT2D eigenvalue weighted by atomic mass is 16.7. The Balaban J connectivity index is 1.36. The molecule has 2 aromatic rings. The van der Waals surface area contributed by atoms with Gasteiger partial charge in [-0.2, -0.15) is 0 Å². The van der Waals surface area contributed by atoms with E-state index in [4.69, 9.17) is 14.2 Å². The van der Waals surface area contributed by atoms with Crippen LogP contribution in [0.4, 0.5) is 4.79 Å². The lowest BCUT2D eigenvalue weighted by atomic mass is 9.77. The second-order valence-electron chi connectivity index (χ2n) is 11.2. The second-order valence-corrected chi connectivity index (χ2v) is 11.2. The number of carbonyl (C=O) groups excluding carboxylic acids is 1. The van der Waals surface area contributed by atoms with Crippen molar-refractivity contribution in [2.24, 2.45) is 5.92 Å². The SMILES string of the molecule is CCCCC1CCC(c2ccc(/C=C/C3(NC(=O)OCc4ccccc4)COC(C)(C)OC3)cc2)CC1. The number of amides is 1. The van der Waals surface area contributed by atoms with Crippen molar-refractivity contribution >= 4 is 12.2 Å². The molecule has 4 rings (SSSR count). The van der Waals surface area contributed by atoms with Crippen LogP contribution in [-0.2, 0) is 20.8 Å². The average Bonchev–Trinajstić information content (AvgIpc) is 2.92.